The summed E-state index contributed by atoms with van der Waals surface area (Å²) in [7, 11) is 0. The van der Waals surface area contributed by atoms with Crippen LogP contribution in [-0.2, 0) is 9.53 Å². The SMILES string of the molecule is CCOC(=O)C1=C(CCl)NC(=O)N[C@@H]1c1ccc(C)o1. The Labute approximate surface area is 121 Å². The van der Waals surface area contributed by atoms with Crippen molar-refractivity contribution in [2.45, 2.75) is 19.9 Å². The summed E-state index contributed by atoms with van der Waals surface area (Å²) in [6.45, 7) is 3.72. The number of hydrogen-bond acceptors (Lipinski definition) is 4. The minimum atomic E-state index is -0.703. The molecule has 1 atom stereocenters. The van der Waals surface area contributed by atoms with E-state index in [2.05, 4.69) is 10.6 Å². The number of furan rings is 1. The maximum absolute atomic E-state index is 12.1. The fraction of sp³-hybridized carbons (Fsp3) is 0.385. The number of rotatable bonds is 4. The van der Waals surface area contributed by atoms with Crippen molar-refractivity contribution in [2.75, 3.05) is 12.5 Å². The van der Waals surface area contributed by atoms with Gasteiger partial charge in [-0.25, -0.2) is 9.59 Å². The Hall–Kier alpha value is -1.95. The van der Waals surface area contributed by atoms with Crippen molar-refractivity contribution in [3.05, 3.63) is 34.9 Å². The molecule has 2 heterocycles. The minimum absolute atomic E-state index is 0.00222. The number of nitrogens with one attached hydrogen (secondary N) is 2. The van der Waals surface area contributed by atoms with Crippen LogP contribution in [0.3, 0.4) is 0 Å². The summed E-state index contributed by atoms with van der Waals surface area (Å²) in [6, 6.07) is 2.32. The Morgan fingerprint density at radius 3 is 2.80 bits per heavy atom. The largest absolute Gasteiger partial charge is 0.464 e. The number of carbonyl (C=O) groups excluding carboxylic acids is 2. The Morgan fingerprint density at radius 2 is 2.25 bits per heavy atom. The number of aryl methyl sites for hydroxylation is 1. The summed E-state index contributed by atoms with van der Waals surface area (Å²) in [6.07, 6.45) is 0. The van der Waals surface area contributed by atoms with Crippen molar-refractivity contribution >= 4 is 23.6 Å². The number of alkyl halides is 1. The Balaban J connectivity index is 2.45. The molecule has 1 aliphatic heterocycles. The monoisotopic (exact) mass is 298 g/mol. The molecule has 0 fully saturated rings. The van der Waals surface area contributed by atoms with Gasteiger partial charge in [-0.05, 0) is 26.0 Å². The summed E-state index contributed by atoms with van der Waals surface area (Å²) in [5.41, 5.74) is 0.587. The number of hydrogen-bond donors (Lipinski definition) is 2. The molecular weight excluding hydrogens is 284 g/mol. The second-order valence-corrected chi connectivity index (χ2v) is 4.49. The molecule has 7 heteroatoms. The van der Waals surface area contributed by atoms with Gasteiger partial charge in [0.05, 0.1) is 18.1 Å². The fourth-order valence-electron chi connectivity index (χ4n) is 2.00. The number of carbonyl (C=O) groups is 2. The predicted octanol–water partition coefficient (Wildman–Crippen LogP) is 2.00. The van der Waals surface area contributed by atoms with Crippen LogP contribution in [0.2, 0.25) is 0 Å². The molecule has 0 saturated carbocycles. The highest BCUT2D eigenvalue weighted by atomic mass is 35.5. The van der Waals surface area contributed by atoms with Crippen molar-refractivity contribution in [3.8, 4) is 0 Å². The van der Waals surface area contributed by atoms with Gasteiger partial charge in [-0.3, -0.25) is 0 Å². The zero-order chi connectivity index (χ0) is 14.7. The van der Waals surface area contributed by atoms with E-state index >= 15 is 0 Å². The quantitative estimate of drug-likeness (QED) is 0.658. The van der Waals surface area contributed by atoms with E-state index in [0.29, 0.717) is 17.2 Å². The zero-order valence-corrected chi connectivity index (χ0v) is 11.9. The molecule has 1 aromatic rings. The van der Waals surface area contributed by atoms with Crippen LogP contribution in [-0.4, -0.2) is 24.5 Å². The summed E-state index contributed by atoms with van der Waals surface area (Å²) in [4.78, 5) is 23.7. The van der Waals surface area contributed by atoms with Gasteiger partial charge in [0, 0.05) is 5.70 Å². The first-order chi connectivity index (χ1) is 9.56. The van der Waals surface area contributed by atoms with E-state index in [0.717, 1.165) is 0 Å². The normalized spacial score (nSPS) is 18.6. The van der Waals surface area contributed by atoms with Gasteiger partial charge >= 0.3 is 12.0 Å². The Kier molecular flexibility index (Phi) is 4.34. The van der Waals surface area contributed by atoms with Crippen molar-refractivity contribution in [1.82, 2.24) is 10.6 Å². The fourth-order valence-corrected chi connectivity index (χ4v) is 2.21. The molecule has 0 aromatic carbocycles. The highest BCUT2D eigenvalue weighted by Gasteiger charge is 2.35. The maximum Gasteiger partial charge on any atom is 0.338 e. The maximum atomic E-state index is 12.1. The van der Waals surface area contributed by atoms with Crippen LogP contribution in [0.5, 0.6) is 0 Å². The summed E-state index contributed by atoms with van der Waals surface area (Å²) in [5, 5.41) is 5.16. The molecule has 2 rings (SSSR count). The lowest BCUT2D eigenvalue weighted by molar-refractivity contribution is -0.139. The van der Waals surface area contributed by atoms with E-state index < -0.39 is 18.0 Å². The number of allylic oxidation sites excluding steroid dienone is 1. The molecule has 20 heavy (non-hydrogen) atoms. The molecule has 108 valence electrons. The average molecular weight is 299 g/mol. The molecule has 0 radical (unpaired) electrons. The standard InChI is InChI=1S/C13H15ClN2O4/c1-3-19-12(17)10-8(6-14)15-13(18)16-11(10)9-5-4-7(2)20-9/h4-5,11H,3,6H2,1-2H3,(H2,15,16,18)/t11-/m1/s1. The zero-order valence-electron chi connectivity index (χ0n) is 11.2. The van der Waals surface area contributed by atoms with E-state index in [1.165, 1.54) is 0 Å². The third-order valence-corrected chi connectivity index (χ3v) is 3.10. The van der Waals surface area contributed by atoms with Gasteiger partial charge in [-0.1, -0.05) is 0 Å². The first kappa shape index (κ1) is 14.5. The van der Waals surface area contributed by atoms with Crippen LogP contribution in [0.25, 0.3) is 0 Å². The third kappa shape index (κ3) is 2.80. The first-order valence-electron chi connectivity index (χ1n) is 6.16. The first-order valence-corrected chi connectivity index (χ1v) is 6.70. The number of ether oxygens (including phenoxy) is 1. The molecule has 1 aliphatic rings. The number of halogens is 1. The molecule has 6 nitrogen and oxygen atoms in total. The molecule has 0 unspecified atom stereocenters. The van der Waals surface area contributed by atoms with Gasteiger partial charge in [-0.2, -0.15) is 0 Å². The van der Waals surface area contributed by atoms with Gasteiger partial charge in [0.1, 0.15) is 17.6 Å². The highest BCUT2D eigenvalue weighted by molar-refractivity contribution is 6.20. The number of amides is 2. The highest BCUT2D eigenvalue weighted by Crippen LogP contribution is 2.29. The van der Waals surface area contributed by atoms with Crippen molar-refractivity contribution < 1.29 is 18.7 Å². The van der Waals surface area contributed by atoms with Crippen LogP contribution >= 0.6 is 11.6 Å². The summed E-state index contributed by atoms with van der Waals surface area (Å²) in [5.74, 6) is 0.610. The molecule has 0 bridgehead atoms. The summed E-state index contributed by atoms with van der Waals surface area (Å²) < 4.78 is 10.5. The lowest BCUT2D eigenvalue weighted by Gasteiger charge is -2.27. The van der Waals surface area contributed by atoms with E-state index in [-0.39, 0.29) is 18.1 Å². The minimum Gasteiger partial charge on any atom is -0.464 e. The second-order valence-electron chi connectivity index (χ2n) is 4.23. The van der Waals surface area contributed by atoms with Crippen LogP contribution in [0.15, 0.2) is 27.8 Å². The molecule has 0 saturated heterocycles. The number of urea groups is 1. The Bertz CT molecular complexity index is 564. The van der Waals surface area contributed by atoms with Crippen molar-refractivity contribution in [2.24, 2.45) is 0 Å². The second kappa shape index (κ2) is 6.00. The van der Waals surface area contributed by atoms with E-state index in [1.54, 1.807) is 26.0 Å². The van der Waals surface area contributed by atoms with Crippen LogP contribution in [0.4, 0.5) is 4.79 Å². The van der Waals surface area contributed by atoms with E-state index in [9.17, 15) is 9.59 Å². The van der Waals surface area contributed by atoms with Gasteiger partial charge in [-0.15, -0.1) is 11.6 Å². The number of esters is 1. The van der Waals surface area contributed by atoms with Gasteiger partial charge in [0.2, 0.25) is 0 Å². The van der Waals surface area contributed by atoms with E-state index in [1.807, 2.05) is 0 Å². The van der Waals surface area contributed by atoms with E-state index in [4.69, 9.17) is 20.8 Å². The lowest BCUT2D eigenvalue weighted by Crippen LogP contribution is -2.46. The molecule has 0 spiro atoms. The van der Waals surface area contributed by atoms with Gasteiger partial charge in [0.15, 0.2) is 0 Å². The molecule has 0 aliphatic carbocycles. The molecule has 1 aromatic heterocycles. The van der Waals surface area contributed by atoms with Crippen LogP contribution < -0.4 is 10.6 Å². The van der Waals surface area contributed by atoms with Crippen molar-refractivity contribution in [1.29, 1.82) is 0 Å². The average Bonchev–Trinajstić information content (AvgIpc) is 2.84. The van der Waals surface area contributed by atoms with Crippen molar-refractivity contribution in [3.63, 3.8) is 0 Å². The molecular formula is C13H15ClN2O4. The topological polar surface area (TPSA) is 80.6 Å². The predicted molar refractivity (Wildman–Crippen MR) is 72.2 cm³/mol. The molecule has 2 N–H and O–H groups in total. The lowest BCUT2D eigenvalue weighted by atomic mass is 10.0. The Morgan fingerprint density at radius 1 is 1.50 bits per heavy atom. The van der Waals surface area contributed by atoms with Crippen LogP contribution in [0.1, 0.15) is 24.5 Å². The van der Waals surface area contributed by atoms with Gasteiger partial charge < -0.3 is 19.8 Å². The summed E-state index contributed by atoms with van der Waals surface area (Å²) >= 11 is 5.80. The third-order valence-electron chi connectivity index (χ3n) is 2.83. The van der Waals surface area contributed by atoms with Crippen LogP contribution in [0, 0.1) is 6.92 Å². The molecule has 2 amide bonds. The van der Waals surface area contributed by atoms with Gasteiger partial charge in [0.25, 0.3) is 0 Å². The smallest absolute Gasteiger partial charge is 0.338 e.